The third-order valence-electron chi connectivity index (χ3n) is 3.14. The zero-order valence-electron chi connectivity index (χ0n) is 11.1. The molecule has 0 saturated heterocycles. The number of hydrogen-bond donors (Lipinski definition) is 1. The van der Waals surface area contributed by atoms with Gasteiger partial charge in [0, 0.05) is 10.4 Å². The molecular formula is C15H13NO3S. The van der Waals surface area contributed by atoms with Gasteiger partial charge in [-0.2, -0.15) is 0 Å². The molecule has 3 rings (SSSR count). The van der Waals surface area contributed by atoms with Gasteiger partial charge in [-0.1, -0.05) is 0 Å². The Morgan fingerprint density at radius 2 is 2.10 bits per heavy atom. The average Bonchev–Trinajstić information content (AvgIpc) is 2.85. The molecule has 1 aliphatic heterocycles. The summed E-state index contributed by atoms with van der Waals surface area (Å²) in [6.45, 7) is 3.65. The van der Waals surface area contributed by atoms with Crippen molar-refractivity contribution in [1.29, 1.82) is 0 Å². The van der Waals surface area contributed by atoms with Crippen LogP contribution in [-0.2, 0) is 4.79 Å². The van der Waals surface area contributed by atoms with Crippen LogP contribution in [0.3, 0.4) is 0 Å². The first-order valence-electron chi connectivity index (χ1n) is 6.27. The zero-order valence-corrected chi connectivity index (χ0v) is 11.9. The molecule has 0 saturated carbocycles. The highest BCUT2D eigenvalue weighted by Gasteiger charge is 2.24. The van der Waals surface area contributed by atoms with Gasteiger partial charge < -0.3 is 10.1 Å². The third kappa shape index (κ3) is 2.20. The highest BCUT2D eigenvalue weighted by molar-refractivity contribution is 7.14. The number of hydrogen-bond acceptors (Lipinski definition) is 4. The summed E-state index contributed by atoms with van der Waals surface area (Å²) < 4.78 is 5.47. The summed E-state index contributed by atoms with van der Waals surface area (Å²) in [6, 6.07) is 8.84. The van der Waals surface area contributed by atoms with E-state index < -0.39 is 6.10 Å². The average molecular weight is 287 g/mol. The normalized spacial score (nSPS) is 17.1. The molecule has 1 unspecified atom stereocenters. The van der Waals surface area contributed by atoms with Crippen molar-refractivity contribution in [3.63, 3.8) is 0 Å². The van der Waals surface area contributed by atoms with Crippen LogP contribution in [0.4, 0.5) is 5.69 Å². The molecule has 1 aromatic heterocycles. The number of amides is 1. The molecule has 2 aromatic rings. The second-order valence-corrected chi connectivity index (χ2v) is 5.99. The van der Waals surface area contributed by atoms with E-state index in [2.05, 4.69) is 5.32 Å². The maximum absolute atomic E-state index is 12.3. The monoisotopic (exact) mass is 287 g/mol. The molecule has 1 aliphatic rings. The Kier molecular flexibility index (Phi) is 3.06. The van der Waals surface area contributed by atoms with Crippen LogP contribution in [0.15, 0.2) is 30.3 Å². The van der Waals surface area contributed by atoms with E-state index in [1.807, 2.05) is 19.1 Å². The van der Waals surface area contributed by atoms with Gasteiger partial charge in [-0.05, 0) is 44.2 Å². The molecule has 0 fully saturated rings. The molecule has 0 aliphatic carbocycles. The number of benzene rings is 1. The van der Waals surface area contributed by atoms with Crippen LogP contribution in [0.2, 0.25) is 0 Å². The Labute approximate surface area is 120 Å². The second-order valence-electron chi connectivity index (χ2n) is 4.70. The van der Waals surface area contributed by atoms with E-state index in [0.717, 1.165) is 4.88 Å². The van der Waals surface area contributed by atoms with E-state index in [-0.39, 0.29) is 11.7 Å². The summed E-state index contributed by atoms with van der Waals surface area (Å²) >= 11 is 1.46. The van der Waals surface area contributed by atoms with Crippen molar-refractivity contribution in [3.8, 4) is 5.75 Å². The lowest BCUT2D eigenvalue weighted by Crippen LogP contribution is -2.34. The van der Waals surface area contributed by atoms with Gasteiger partial charge in [-0.3, -0.25) is 9.59 Å². The van der Waals surface area contributed by atoms with E-state index >= 15 is 0 Å². The molecule has 0 bridgehead atoms. The lowest BCUT2D eigenvalue weighted by atomic mass is 10.1. The van der Waals surface area contributed by atoms with Gasteiger partial charge in [-0.15, -0.1) is 11.3 Å². The van der Waals surface area contributed by atoms with E-state index in [4.69, 9.17) is 4.74 Å². The van der Waals surface area contributed by atoms with Crippen molar-refractivity contribution in [2.75, 3.05) is 5.32 Å². The number of carbonyl (C=O) groups excluding carboxylic acids is 2. The first kappa shape index (κ1) is 12.9. The SMILES string of the molecule is Cc1ccc(C(=O)c2ccc3c(c2)NC(=O)C(C)O3)s1. The summed E-state index contributed by atoms with van der Waals surface area (Å²) in [4.78, 5) is 25.7. The minimum atomic E-state index is -0.510. The number of nitrogens with one attached hydrogen (secondary N) is 1. The van der Waals surface area contributed by atoms with Gasteiger partial charge in [0.15, 0.2) is 6.10 Å². The fraction of sp³-hybridized carbons (Fsp3) is 0.200. The van der Waals surface area contributed by atoms with Crippen LogP contribution in [-0.4, -0.2) is 17.8 Å². The van der Waals surface area contributed by atoms with Crippen LogP contribution in [0.5, 0.6) is 5.75 Å². The maximum atomic E-state index is 12.3. The highest BCUT2D eigenvalue weighted by atomic mass is 32.1. The summed E-state index contributed by atoms with van der Waals surface area (Å²) in [5, 5.41) is 2.75. The minimum Gasteiger partial charge on any atom is -0.479 e. The van der Waals surface area contributed by atoms with E-state index in [9.17, 15) is 9.59 Å². The van der Waals surface area contributed by atoms with Crippen molar-refractivity contribution in [3.05, 3.63) is 45.6 Å². The van der Waals surface area contributed by atoms with Gasteiger partial charge in [-0.25, -0.2) is 0 Å². The predicted octanol–water partition coefficient (Wildman–Crippen LogP) is 3.01. The molecule has 2 heterocycles. The Hall–Kier alpha value is -2.14. The number of carbonyl (C=O) groups is 2. The fourth-order valence-electron chi connectivity index (χ4n) is 2.05. The third-order valence-corrected chi connectivity index (χ3v) is 4.14. The van der Waals surface area contributed by atoms with Crippen LogP contribution >= 0.6 is 11.3 Å². The number of anilines is 1. The largest absolute Gasteiger partial charge is 0.479 e. The molecule has 0 spiro atoms. The molecule has 1 N–H and O–H groups in total. The van der Waals surface area contributed by atoms with Crippen molar-refractivity contribution >= 4 is 28.7 Å². The minimum absolute atomic E-state index is 0.0428. The quantitative estimate of drug-likeness (QED) is 0.864. The fourth-order valence-corrected chi connectivity index (χ4v) is 2.88. The number of ether oxygens (including phenoxy) is 1. The van der Waals surface area contributed by atoms with Gasteiger partial charge in [0.05, 0.1) is 10.6 Å². The zero-order chi connectivity index (χ0) is 14.3. The van der Waals surface area contributed by atoms with Crippen molar-refractivity contribution < 1.29 is 14.3 Å². The first-order valence-corrected chi connectivity index (χ1v) is 7.09. The van der Waals surface area contributed by atoms with Gasteiger partial charge >= 0.3 is 0 Å². The molecule has 102 valence electrons. The number of aryl methyl sites for hydroxylation is 1. The molecule has 0 radical (unpaired) electrons. The van der Waals surface area contributed by atoms with Crippen LogP contribution in [0, 0.1) is 6.92 Å². The smallest absolute Gasteiger partial charge is 0.265 e. The first-order chi connectivity index (χ1) is 9.54. The van der Waals surface area contributed by atoms with Crippen molar-refractivity contribution in [2.24, 2.45) is 0 Å². The van der Waals surface area contributed by atoms with Crippen LogP contribution in [0.25, 0.3) is 0 Å². The van der Waals surface area contributed by atoms with Crippen molar-refractivity contribution in [1.82, 2.24) is 0 Å². The Morgan fingerprint density at radius 1 is 1.30 bits per heavy atom. The predicted molar refractivity (Wildman–Crippen MR) is 77.7 cm³/mol. The van der Waals surface area contributed by atoms with E-state index in [1.165, 1.54) is 11.3 Å². The summed E-state index contributed by atoms with van der Waals surface area (Å²) in [5.74, 6) is 0.351. The summed E-state index contributed by atoms with van der Waals surface area (Å²) in [5.41, 5.74) is 1.09. The summed E-state index contributed by atoms with van der Waals surface area (Å²) in [7, 11) is 0. The topological polar surface area (TPSA) is 55.4 Å². The molecule has 20 heavy (non-hydrogen) atoms. The Bertz CT molecular complexity index is 705. The lowest BCUT2D eigenvalue weighted by Gasteiger charge is -2.23. The van der Waals surface area contributed by atoms with Gasteiger partial charge in [0.1, 0.15) is 5.75 Å². The molecule has 1 atom stereocenters. The van der Waals surface area contributed by atoms with Gasteiger partial charge in [0.2, 0.25) is 5.78 Å². The molecule has 4 nitrogen and oxygen atoms in total. The molecular weight excluding hydrogens is 274 g/mol. The van der Waals surface area contributed by atoms with Crippen molar-refractivity contribution in [2.45, 2.75) is 20.0 Å². The molecule has 1 aromatic carbocycles. The maximum Gasteiger partial charge on any atom is 0.265 e. The van der Waals surface area contributed by atoms with Crippen LogP contribution in [0.1, 0.15) is 27.0 Å². The van der Waals surface area contributed by atoms with E-state index in [0.29, 0.717) is 21.9 Å². The van der Waals surface area contributed by atoms with Crippen LogP contribution < -0.4 is 10.1 Å². The Morgan fingerprint density at radius 3 is 2.80 bits per heavy atom. The molecule has 5 heteroatoms. The lowest BCUT2D eigenvalue weighted by molar-refractivity contribution is -0.122. The number of rotatable bonds is 2. The second kappa shape index (κ2) is 4.76. The van der Waals surface area contributed by atoms with Gasteiger partial charge in [0.25, 0.3) is 5.91 Å². The number of fused-ring (bicyclic) bond motifs is 1. The molecule has 1 amide bonds. The highest BCUT2D eigenvalue weighted by Crippen LogP contribution is 2.31. The van der Waals surface area contributed by atoms with E-state index in [1.54, 1.807) is 25.1 Å². The summed E-state index contributed by atoms with van der Waals surface area (Å²) in [6.07, 6.45) is -0.510. The number of thiophene rings is 1. The number of ketones is 1. The standard InChI is InChI=1S/C15H13NO3S/c1-8-3-6-13(20-8)14(17)10-4-5-12-11(7-10)16-15(18)9(2)19-12/h3-7,9H,1-2H3,(H,16,18). The Balaban J connectivity index is 1.95.